The number of nitrogens with zero attached hydrogens (tertiary/aromatic N) is 2. The second-order valence-electron chi connectivity index (χ2n) is 3.61. The lowest BCUT2D eigenvalue weighted by molar-refractivity contribution is 0.261. The van der Waals surface area contributed by atoms with Gasteiger partial charge in [-0.3, -0.25) is 0 Å². The van der Waals surface area contributed by atoms with Gasteiger partial charge in [0.2, 0.25) is 5.13 Å². The molecular formula is C8H15N3OS. The number of aromatic nitrogens is 2. The molecule has 0 unspecified atom stereocenters. The third-order valence-corrected chi connectivity index (χ3v) is 2.46. The van der Waals surface area contributed by atoms with Crippen molar-refractivity contribution in [1.82, 2.24) is 10.2 Å². The highest BCUT2D eigenvalue weighted by atomic mass is 32.1. The summed E-state index contributed by atoms with van der Waals surface area (Å²) in [6.45, 7) is 6.15. The van der Waals surface area contributed by atoms with Gasteiger partial charge in [-0.15, -0.1) is 10.2 Å². The van der Waals surface area contributed by atoms with E-state index in [0.717, 1.165) is 10.1 Å². The quantitative estimate of drug-likeness (QED) is 0.773. The maximum atomic E-state index is 8.81. The molecule has 0 aliphatic heterocycles. The molecule has 1 aromatic heterocycles. The molecule has 4 nitrogen and oxygen atoms in total. The summed E-state index contributed by atoms with van der Waals surface area (Å²) in [7, 11) is 0. The first kappa shape index (κ1) is 10.4. The Bertz CT molecular complexity index is 272. The molecule has 74 valence electrons. The molecule has 1 aromatic rings. The summed E-state index contributed by atoms with van der Waals surface area (Å²) in [5.74, 6) is 0. The predicted octanol–water partition coefficient (Wildman–Crippen LogP) is 1.42. The molecule has 0 atom stereocenters. The zero-order valence-corrected chi connectivity index (χ0v) is 8.98. The molecule has 1 rings (SSSR count). The van der Waals surface area contributed by atoms with E-state index < -0.39 is 0 Å². The molecule has 0 saturated heterocycles. The van der Waals surface area contributed by atoms with Crippen LogP contribution in [-0.4, -0.2) is 27.4 Å². The Morgan fingerprint density at radius 1 is 1.46 bits per heavy atom. The number of anilines is 1. The van der Waals surface area contributed by atoms with Crippen molar-refractivity contribution in [3.63, 3.8) is 0 Å². The summed E-state index contributed by atoms with van der Waals surface area (Å²) in [6, 6.07) is 0. The molecule has 0 saturated carbocycles. The molecule has 0 radical (unpaired) electrons. The van der Waals surface area contributed by atoms with Crippen LogP contribution in [0, 0.1) is 6.92 Å². The predicted molar refractivity (Wildman–Crippen MR) is 54.1 cm³/mol. The number of hydrogen-bond donors (Lipinski definition) is 2. The highest BCUT2D eigenvalue weighted by Gasteiger charge is 2.18. The average molecular weight is 201 g/mol. The number of hydrogen-bond acceptors (Lipinski definition) is 5. The number of aliphatic hydroxyl groups excluding tert-OH is 1. The molecule has 13 heavy (non-hydrogen) atoms. The first-order valence-electron chi connectivity index (χ1n) is 4.23. The average Bonchev–Trinajstić information content (AvgIpc) is 2.34. The lowest BCUT2D eigenvalue weighted by Gasteiger charge is -2.24. The van der Waals surface area contributed by atoms with E-state index in [-0.39, 0.29) is 12.1 Å². The second-order valence-corrected chi connectivity index (χ2v) is 4.79. The number of aryl methyl sites for hydroxylation is 1. The summed E-state index contributed by atoms with van der Waals surface area (Å²) in [4.78, 5) is 0. The summed E-state index contributed by atoms with van der Waals surface area (Å²) in [5.41, 5.74) is -0.124. The van der Waals surface area contributed by atoms with Crippen LogP contribution in [0.4, 0.5) is 5.13 Å². The van der Waals surface area contributed by atoms with Crippen molar-refractivity contribution in [2.45, 2.75) is 32.7 Å². The Morgan fingerprint density at radius 2 is 2.15 bits per heavy atom. The third kappa shape index (κ3) is 3.28. The van der Waals surface area contributed by atoms with E-state index in [9.17, 15) is 0 Å². The lowest BCUT2D eigenvalue weighted by Crippen LogP contribution is -2.31. The van der Waals surface area contributed by atoms with Crippen LogP contribution in [-0.2, 0) is 0 Å². The van der Waals surface area contributed by atoms with Gasteiger partial charge in [-0.05, 0) is 27.2 Å². The highest BCUT2D eigenvalue weighted by molar-refractivity contribution is 7.15. The minimum Gasteiger partial charge on any atom is -0.396 e. The minimum absolute atomic E-state index is 0.124. The lowest BCUT2D eigenvalue weighted by atomic mass is 10.0. The van der Waals surface area contributed by atoms with Gasteiger partial charge in [0, 0.05) is 12.1 Å². The zero-order chi connectivity index (χ0) is 9.90. The first-order chi connectivity index (χ1) is 6.03. The van der Waals surface area contributed by atoms with Gasteiger partial charge in [0.05, 0.1) is 0 Å². The van der Waals surface area contributed by atoms with Crippen molar-refractivity contribution in [3.05, 3.63) is 5.01 Å². The molecule has 0 aliphatic carbocycles. The number of aliphatic hydroxyl groups is 1. The fourth-order valence-corrected chi connectivity index (χ4v) is 1.75. The monoisotopic (exact) mass is 201 g/mol. The Balaban J connectivity index is 2.57. The second kappa shape index (κ2) is 4.02. The first-order valence-corrected chi connectivity index (χ1v) is 5.04. The normalized spacial score (nSPS) is 11.7. The molecule has 0 fully saturated rings. The van der Waals surface area contributed by atoms with Crippen molar-refractivity contribution in [2.75, 3.05) is 11.9 Å². The van der Waals surface area contributed by atoms with Gasteiger partial charge in [0.25, 0.3) is 0 Å². The van der Waals surface area contributed by atoms with Crippen molar-refractivity contribution in [2.24, 2.45) is 0 Å². The van der Waals surface area contributed by atoms with Gasteiger partial charge in [0.15, 0.2) is 0 Å². The maximum Gasteiger partial charge on any atom is 0.206 e. The standard InChI is InChI=1S/C8H15N3OS/c1-6-10-11-7(13-6)9-8(2,3)4-5-12/h12H,4-5H2,1-3H3,(H,9,11). The van der Waals surface area contributed by atoms with E-state index in [0.29, 0.717) is 6.42 Å². The van der Waals surface area contributed by atoms with Crippen LogP contribution < -0.4 is 5.32 Å². The zero-order valence-electron chi connectivity index (χ0n) is 8.16. The summed E-state index contributed by atoms with van der Waals surface area (Å²) in [6.07, 6.45) is 0.700. The third-order valence-electron chi connectivity index (χ3n) is 1.71. The van der Waals surface area contributed by atoms with E-state index in [2.05, 4.69) is 15.5 Å². The SMILES string of the molecule is Cc1nnc(NC(C)(C)CCO)s1. The van der Waals surface area contributed by atoms with E-state index in [1.54, 1.807) is 0 Å². The Morgan fingerprint density at radius 3 is 2.62 bits per heavy atom. The Labute approximate surface area is 82.0 Å². The molecule has 5 heteroatoms. The van der Waals surface area contributed by atoms with Crippen LogP contribution >= 0.6 is 11.3 Å². The van der Waals surface area contributed by atoms with Crippen LogP contribution in [0.2, 0.25) is 0 Å². The number of nitrogens with one attached hydrogen (secondary N) is 1. The van der Waals surface area contributed by atoms with Crippen molar-refractivity contribution in [3.8, 4) is 0 Å². The fourth-order valence-electron chi connectivity index (χ4n) is 0.979. The van der Waals surface area contributed by atoms with Gasteiger partial charge in [-0.1, -0.05) is 11.3 Å². The van der Waals surface area contributed by atoms with Crippen molar-refractivity contribution >= 4 is 16.5 Å². The smallest absolute Gasteiger partial charge is 0.206 e. The Hall–Kier alpha value is -0.680. The maximum absolute atomic E-state index is 8.81. The molecule has 2 N–H and O–H groups in total. The molecule has 0 bridgehead atoms. The van der Waals surface area contributed by atoms with Gasteiger partial charge < -0.3 is 10.4 Å². The van der Waals surface area contributed by atoms with Gasteiger partial charge >= 0.3 is 0 Å². The molecule has 0 aromatic carbocycles. The van der Waals surface area contributed by atoms with Crippen molar-refractivity contribution < 1.29 is 5.11 Å². The number of rotatable bonds is 4. The van der Waals surface area contributed by atoms with Crippen LogP contribution in [0.3, 0.4) is 0 Å². The van der Waals surface area contributed by atoms with Crippen LogP contribution in [0.25, 0.3) is 0 Å². The van der Waals surface area contributed by atoms with E-state index in [1.807, 2.05) is 20.8 Å². The topological polar surface area (TPSA) is 58.0 Å². The highest BCUT2D eigenvalue weighted by Crippen LogP contribution is 2.20. The summed E-state index contributed by atoms with van der Waals surface area (Å²) < 4.78 is 0. The molecule has 0 amide bonds. The van der Waals surface area contributed by atoms with Crippen LogP contribution in [0.5, 0.6) is 0 Å². The van der Waals surface area contributed by atoms with Gasteiger partial charge in [-0.25, -0.2) is 0 Å². The molecule has 0 aliphatic rings. The Kier molecular flexibility index (Phi) is 3.22. The molecule has 1 heterocycles. The van der Waals surface area contributed by atoms with Gasteiger partial charge in [0.1, 0.15) is 5.01 Å². The van der Waals surface area contributed by atoms with Crippen LogP contribution in [0.1, 0.15) is 25.3 Å². The van der Waals surface area contributed by atoms with Crippen LogP contribution in [0.15, 0.2) is 0 Å². The summed E-state index contributed by atoms with van der Waals surface area (Å²) in [5, 5.41) is 21.7. The minimum atomic E-state index is -0.124. The largest absolute Gasteiger partial charge is 0.396 e. The summed E-state index contributed by atoms with van der Waals surface area (Å²) >= 11 is 1.53. The van der Waals surface area contributed by atoms with E-state index >= 15 is 0 Å². The van der Waals surface area contributed by atoms with E-state index in [1.165, 1.54) is 11.3 Å². The molecular weight excluding hydrogens is 186 g/mol. The molecule has 0 spiro atoms. The van der Waals surface area contributed by atoms with Crippen molar-refractivity contribution in [1.29, 1.82) is 0 Å². The van der Waals surface area contributed by atoms with Gasteiger partial charge in [-0.2, -0.15) is 0 Å². The van der Waals surface area contributed by atoms with E-state index in [4.69, 9.17) is 5.11 Å². The fraction of sp³-hybridized carbons (Fsp3) is 0.750.